The van der Waals surface area contributed by atoms with Crippen LogP contribution in [0.1, 0.15) is 26.3 Å². The zero-order valence-corrected chi connectivity index (χ0v) is 11.8. The standard InChI is InChI=1S/C14H19NO5/c1-14(2,3)20-13(19)15(8-12(17)18)11-6-4-10(9-16)5-7-11/h4-7,16H,8-9H2,1-3H3,(H,17,18). The molecule has 0 aliphatic carbocycles. The Morgan fingerprint density at radius 2 is 1.75 bits per heavy atom. The van der Waals surface area contributed by atoms with E-state index in [1.165, 1.54) is 0 Å². The third kappa shape index (κ3) is 4.89. The molecule has 1 amide bonds. The Hall–Kier alpha value is -2.08. The van der Waals surface area contributed by atoms with Crippen molar-refractivity contribution in [2.45, 2.75) is 33.0 Å². The van der Waals surface area contributed by atoms with E-state index in [2.05, 4.69) is 0 Å². The molecule has 0 bridgehead atoms. The van der Waals surface area contributed by atoms with Crippen molar-refractivity contribution in [2.75, 3.05) is 11.4 Å². The molecule has 0 aliphatic heterocycles. The molecule has 0 aromatic heterocycles. The van der Waals surface area contributed by atoms with Crippen molar-refractivity contribution in [2.24, 2.45) is 0 Å². The number of aliphatic carboxylic acids is 1. The van der Waals surface area contributed by atoms with E-state index in [0.717, 1.165) is 4.90 Å². The fraction of sp³-hybridized carbons (Fsp3) is 0.429. The maximum atomic E-state index is 12.0. The molecule has 6 nitrogen and oxygen atoms in total. The minimum atomic E-state index is -1.14. The van der Waals surface area contributed by atoms with Crippen LogP contribution in [-0.2, 0) is 16.1 Å². The zero-order valence-electron chi connectivity index (χ0n) is 11.8. The van der Waals surface area contributed by atoms with Crippen LogP contribution in [-0.4, -0.2) is 34.4 Å². The van der Waals surface area contributed by atoms with Crippen LogP contribution in [0.25, 0.3) is 0 Å². The number of rotatable bonds is 4. The monoisotopic (exact) mass is 281 g/mol. The number of ether oxygens (including phenoxy) is 1. The topological polar surface area (TPSA) is 87.1 Å². The van der Waals surface area contributed by atoms with Gasteiger partial charge in [-0.05, 0) is 38.5 Å². The van der Waals surface area contributed by atoms with Crippen LogP contribution in [0.15, 0.2) is 24.3 Å². The summed E-state index contributed by atoms with van der Waals surface area (Å²) in [6, 6.07) is 6.37. The molecule has 2 N–H and O–H groups in total. The summed E-state index contributed by atoms with van der Waals surface area (Å²) in [6.45, 7) is 4.51. The van der Waals surface area contributed by atoms with Crippen molar-refractivity contribution in [1.29, 1.82) is 0 Å². The average Bonchev–Trinajstić information content (AvgIpc) is 2.34. The Morgan fingerprint density at radius 1 is 1.20 bits per heavy atom. The summed E-state index contributed by atoms with van der Waals surface area (Å²) in [5.41, 5.74) is 0.367. The second-order valence-corrected chi connectivity index (χ2v) is 5.28. The molecule has 0 aliphatic rings. The highest BCUT2D eigenvalue weighted by Crippen LogP contribution is 2.19. The van der Waals surface area contributed by atoms with Gasteiger partial charge in [-0.2, -0.15) is 0 Å². The minimum absolute atomic E-state index is 0.119. The molecule has 0 unspecified atom stereocenters. The predicted molar refractivity (Wildman–Crippen MR) is 73.6 cm³/mol. The molecule has 1 rings (SSSR count). The highest BCUT2D eigenvalue weighted by molar-refractivity contribution is 5.93. The van der Waals surface area contributed by atoms with E-state index in [1.54, 1.807) is 45.0 Å². The Morgan fingerprint density at radius 3 is 2.15 bits per heavy atom. The number of hydrogen-bond acceptors (Lipinski definition) is 4. The largest absolute Gasteiger partial charge is 0.480 e. The molecule has 0 spiro atoms. The van der Waals surface area contributed by atoms with Gasteiger partial charge in [-0.25, -0.2) is 4.79 Å². The number of hydrogen-bond donors (Lipinski definition) is 2. The first-order valence-electron chi connectivity index (χ1n) is 6.15. The van der Waals surface area contributed by atoms with E-state index < -0.39 is 24.2 Å². The van der Waals surface area contributed by atoms with E-state index >= 15 is 0 Å². The van der Waals surface area contributed by atoms with Crippen LogP contribution in [0.3, 0.4) is 0 Å². The summed E-state index contributed by atoms with van der Waals surface area (Å²) in [5.74, 6) is -1.14. The van der Waals surface area contributed by atoms with Gasteiger partial charge in [0.05, 0.1) is 6.61 Å². The Labute approximate surface area is 117 Å². The number of nitrogens with zero attached hydrogens (tertiary/aromatic N) is 1. The zero-order chi connectivity index (χ0) is 15.3. The number of amides is 1. The summed E-state index contributed by atoms with van der Waals surface area (Å²) in [6.07, 6.45) is -0.725. The fourth-order valence-electron chi connectivity index (χ4n) is 1.49. The molecule has 0 saturated carbocycles. The second kappa shape index (κ2) is 6.38. The lowest BCUT2D eigenvalue weighted by Crippen LogP contribution is -2.40. The van der Waals surface area contributed by atoms with Gasteiger partial charge in [-0.15, -0.1) is 0 Å². The van der Waals surface area contributed by atoms with Crippen molar-refractivity contribution in [1.82, 2.24) is 0 Å². The van der Waals surface area contributed by atoms with E-state index in [4.69, 9.17) is 14.9 Å². The quantitative estimate of drug-likeness (QED) is 0.881. The first-order valence-corrected chi connectivity index (χ1v) is 6.15. The van der Waals surface area contributed by atoms with Gasteiger partial charge < -0.3 is 14.9 Å². The third-order valence-electron chi connectivity index (χ3n) is 2.34. The number of carbonyl (C=O) groups is 2. The van der Waals surface area contributed by atoms with Gasteiger partial charge in [0.25, 0.3) is 0 Å². The number of benzene rings is 1. The van der Waals surface area contributed by atoms with Crippen LogP contribution in [0, 0.1) is 0 Å². The smallest absolute Gasteiger partial charge is 0.415 e. The SMILES string of the molecule is CC(C)(C)OC(=O)N(CC(=O)O)c1ccc(CO)cc1. The van der Waals surface area contributed by atoms with Crippen LogP contribution < -0.4 is 4.90 Å². The molecule has 20 heavy (non-hydrogen) atoms. The summed E-state index contributed by atoms with van der Waals surface area (Å²) in [7, 11) is 0. The van der Waals surface area contributed by atoms with Gasteiger partial charge in [-0.3, -0.25) is 9.69 Å². The van der Waals surface area contributed by atoms with Crippen molar-refractivity contribution in [3.8, 4) is 0 Å². The third-order valence-corrected chi connectivity index (χ3v) is 2.34. The lowest BCUT2D eigenvalue weighted by Gasteiger charge is -2.26. The van der Waals surface area contributed by atoms with E-state index in [1.807, 2.05) is 0 Å². The van der Waals surface area contributed by atoms with Crippen molar-refractivity contribution in [3.63, 3.8) is 0 Å². The average molecular weight is 281 g/mol. The molecule has 0 atom stereocenters. The molecule has 0 saturated heterocycles. The molecule has 6 heteroatoms. The first kappa shape index (κ1) is 16.0. The summed E-state index contributed by atoms with van der Waals surface area (Å²) < 4.78 is 5.19. The molecular weight excluding hydrogens is 262 g/mol. The highest BCUT2D eigenvalue weighted by atomic mass is 16.6. The maximum Gasteiger partial charge on any atom is 0.415 e. The van der Waals surface area contributed by atoms with Gasteiger partial charge >= 0.3 is 12.1 Å². The van der Waals surface area contributed by atoms with Crippen LogP contribution in [0.4, 0.5) is 10.5 Å². The number of carboxylic acid groups (broad SMARTS) is 1. The van der Waals surface area contributed by atoms with Gasteiger partial charge in [-0.1, -0.05) is 12.1 Å². The van der Waals surface area contributed by atoms with E-state index in [-0.39, 0.29) is 6.61 Å². The Balaban J connectivity index is 2.98. The molecule has 0 radical (unpaired) electrons. The second-order valence-electron chi connectivity index (χ2n) is 5.28. The van der Waals surface area contributed by atoms with Gasteiger partial charge in [0.1, 0.15) is 12.1 Å². The first-order chi connectivity index (χ1) is 9.23. The Bertz CT molecular complexity index is 475. The van der Waals surface area contributed by atoms with Crippen molar-refractivity contribution >= 4 is 17.7 Å². The molecule has 0 fully saturated rings. The van der Waals surface area contributed by atoms with Crippen LogP contribution >= 0.6 is 0 Å². The van der Waals surface area contributed by atoms with Gasteiger partial charge in [0, 0.05) is 5.69 Å². The van der Waals surface area contributed by atoms with Crippen LogP contribution in [0.5, 0.6) is 0 Å². The highest BCUT2D eigenvalue weighted by Gasteiger charge is 2.25. The summed E-state index contributed by atoms with van der Waals surface area (Å²) >= 11 is 0. The maximum absolute atomic E-state index is 12.0. The number of aliphatic hydroxyl groups excluding tert-OH is 1. The number of aliphatic hydroxyl groups is 1. The van der Waals surface area contributed by atoms with Crippen molar-refractivity contribution < 1.29 is 24.5 Å². The van der Waals surface area contributed by atoms with Gasteiger partial charge in [0.2, 0.25) is 0 Å². The molecular formula is C14H19NO5. The number of carbonyl (C=O) groups excluding carboxylic acids is 1. The predicted octanol–water partition coefficient (Wildman–Crippen LogP) is 2.00. The van der Waals surface area contributed by atoms with E-state index in [9.17, 15) is 9.59 Å². The number of carboxylic acids is 1. The summed E-state index contributed by atoms with van der Waals surface area (Å²) in [4.78, 5) is 24.0. The van der Waals surface area contributed by atoms with E-state index in [0.29, 0.717) is 11.3 Å². The van der Waals surface area contributed by atoms with Crippen LogP contribution in [0.2, 0.25) is 0 Å². The number of anilines is 1. The minimum Gasteiger partial charge on any atom is -0.480 e. The molecule has 1 aromatic rings. The lowest BCUT2D eigenvalue weighted by molar-refractivity contribution is -0.135. The van der Waals surface area contributed by atoms with Crippen molar-refractivity contribution in [3.05, 3.63) is 29.8 Å². The molecule has 110 valence electrons. The fourth-order valence-corrected chi connectivity index (χ4v) is 1.49. The lowest BCUT2D eigenvalue weighted by atomic mass is 10.2. The molecule has 1 aromatic carbocycles. The Kier molecular flexibility index (Phi) is 5.10. The normalized spacial score (nSPS) is 11.0. The molecule has 0 heterocycles. The summed E-state index contributed by atoms with van der Waals surface area (Å²) in [5, 5.41) is 17.9. The van der Waals surface area contributed by atoms with Gasteiger partial charge in [0.15, 0.2) is 0 Å².